The lowest BCUT2D eigenvalue weighted by Crippen LogP contribution is -2.38. The van der Waals surface area contributed by atoms with Crippen LogP contribution in [0.1, 0.15) is 0 Å². The molecule has 0 fully saturated rings. The molecule has 11 heavy (non-hydrogen) atoms. The second-order valence-electron chi connectivity index (χ2n) is 1.85. The van der Waals surface area contributed by atoms with E-state index in [0.29, 0.717) is 0 Å². The maximum absolute atomic E-state index is 11.5. The second kappa shape index (κ2) is 4.16. The molecule has 0 saturated carbocycles. The molecule has 0 amide bonds. The molecule has 0 aliphatic heterocycles. The number of nitrogens with one attached hydrogen (secondary N) is 1. The van der Waals surface area contributed by atoms with Crippen LogP contribution < -0.4 is 5.32 Å². The van der Waals surface area contributed by atoms with Gasteiger partial charge in [0.1, 0.15) is 0 Å². The van der Waals surface area contributed by atoms with Crippen LogP contribution in [-0.2, 0) is 0 Å². The number of aliphatic hydroxyl groups is 1. The third-order valence-electron chi connectivity index (χ3n) is 0.920. The van der Waals surface area contributed by atoms with Gasteiger partial charge in [-0.25, -0.2) is 0 Å². The Bertz CT molecular complexity index is 151. The molecule has 6 heteroatoms. The Kier molecular flexibility index (Phi) is 3.85. The number of rotatable bonds is 3. The Morgan fingerprint density at radius 3 is 2.45 bits per heavy atom. The van der Waals surface area contributed by atoms with E-state index in [0.717, 1.165) is 0 Å². The van der Waals surface area contributed by atoms with Crippen molar-refractivity contribution in [1.82, 2.24) is 5.32 Å². The van der Waals surface area contributed by atoms with E-state index in [9.17, 15) is 13.2 Å². The van der Waals surface area contributed by atoms with Gasteiger partial charge in [-0.15, -0.1) is 0 Å². The summed E-state index contributed by atoms with van der Waals surface area (Å²) in [7, 11) is 0. The molecule has 1 atom stereocenters. The van der Waals surface area contributed by atoms with Crippen molar-refractivity contribution in [2.45, 2.75) is 12.3 Å². The fourth-order valence-corrected chi connectivity index (χ4v) is 0.381. The molecule has 0 rings (SSSR count). The number of aliphatic hydroxyl groups excluding tert-OH is 1. The molecule has 1 unspecified atom stereocenters. The first-order valence-electron chi connectivity index (χ1n) is 2.81. The lowest BCUT2D eigenvalue weighted by atomic mass is 10.3. The first-order valence-corrected chi connectivity index (χ1v) is 2.81. The Morgan fingerprint density at radius 1 is 1.55 bits per heavy atom. The summed E-state index contributed by atoms with van der Waals surface area (Å²) in [6.07, 6.45) is -7.00. The van der Waals surface area contributed by atoms with Crippen LogP contribution >= 0.6 is 0 Å². The van der Waals surface area contributed by atoms with Crippen LogP contribution in [0.3, 0.4) is 0 Å². The van der Waals surface area contributed by atoms with Crippen LogP contribution in [0.15, 0.2) is 0 Å². The summed E-state index contributed by atoms with van der Waals surface area (Å²) in [5, 5.41) is 18.3. The fourth-order valence-electron chi connectivity index (χ4n) is 0.381. The molecule has 0 aliphatic carbocycles. The Labute approximate surface area is 61.4 Å². The molecular formula is C5H7F3N2O. The molecule has 64 valence electrons. The maximum atomic E-state index is 11.5. The molecule has 0 radical (unpaired) electrons. The predicted octanol–water partition coefficient (Wildman–Crippen LogP) is 0.0228. The lowest BCUT2D eigenvalue weighted by molar-refractivity contribution is -0.201. The van der Waals surface area contributed by atoms with Gasteiger partial charge in [0.15, 0.2) is 6.10 Å². The van der Waals surface area contributed by atoms with Crippen LogP contribution in [0.5, 0.6) is 0 Å². The van der Waals surface area contributed by atoms with Gasteiger partial charge in [-0.1, -0.05) is 0 Å². The minimum absolute atomic E-state index is 0.201. The summed E-state index contributed by atoms with van der Waals surface area (Å²) in [5.74, 6) is 0. The molecule has 0 aromatic carbocycles. The number of nitriles is 1. The average molecular weight is 168 g/mol. The molecule has 0 bridgehead atoms. The van der Waals surface area contributed by atoms with Crippen LogP contribution in [0.25, 0.3) is 0 Å². The summed E-state index contributed by atoms with van der Waals surface area (Å²) in [6, 6.07) is 1.58. The Balaban J connectivity index is 3.55. The zero-order valence-corrected chi connectivity index (χ0v) is 5.52. The number of hydrogen-bond donors (Lipinski definition) is 2. The summed E-state index contributed by atoms with van der Waals surface area (Å²) in [4.78, 5) is 0. The molecule has 0 aromatic rings. The summed E-state index contributed by atoms with van der Waals surface area (Å²) < 4.78 is 34.5. The van der Waals surface area contributed by atoms with E-state index in [1.54, 1.807) is 6.07 Å². The molecule has 0 aromatic heterocycles. The van der Waals surface area contributed by atoms with Gasteiger partial charge in [0, 0.05) is 6.54 Å². The van der Waals surface area contributed by atoms with Crippen molar-refractivity contribution in [2.24, 2.45) is 0 Å². The summed E-state index contributed by atoms with van der Waals surface area (Å²) in [6.45, 7) is -0.843. The standard InChI is InChI=1S/C5H7F3N2O/c6-5(7,8)4(11)3-10-2-1-9/h4,10-11H,2-3H2. The number of halogens is 3. The van der Waals surface area contributed by atoms with Gasteiger partial charge in [0.05, 0.1) is 12.6 Å². The molecule has 0 spiro atoms. The zero-order chi connectivity index (χ0) is 8.91. The van der Waals surface area contributed by atoms with Gasteiger partial charge in [-0.05, 0) is 0 Å². The molecule has 3 nitrogen and oxygen atoms in total. The van der Waals surface area contributed by atoms with Crippen molar-refractivity contribution in [2.75, 3.05) is 13.1 Å². The van der Waals surface area contributed by atoms with Gasteiger partial charge in [-0.3, -0.25) is 0 Å². The van der Waals surface area contributed by atoms with Gasteiger partial charge in [0.25, 0.3) is 0 Å². The smallest absolute Gasteiger partial charge is 0.382 e. The van der Waals surface area contributed by atoms with E-state index in [1.807, 2.05) is 0 Å². The first kappa shape index (κ1) is 10.2. The minimum Gasteiger partial charge on any atom is -0.382 e. The summed E-state index contributed by atoms with van der Waals surface area (Å²) >= 11 is 0. The molecular weight excluding hydrogens is 161 g/mol. The lowest BCUT2D eigenvalue weighted by Gasteiger charge is -2.13. The quantitative estimate of drug-likeness (QED) is 0.461. The molecule has 0 heterocycles. The van der Waals surface area contributed by atoms with Gasteiger partial charge in [-0.2, -0.15) is 18.4 Å². The van der Waals surface area contributed by atoms with Gasteiger partial charge in [0.2, 0.25) is 0 Å². The molecule has 2 N–H and O–H groups in total. The fraction of sp³-hybridized carbons (Fsp3) is 0.800. The highest BCUT2D eigenvalue weighted by molar-refractivity contribution is 4.76. The van der Waals surface area contributed by atoms with Gasteiger partial charge < -0.3 is 10.4 Å². The average Bonchev–Trinajstić information content (AvgIpc) is 1.86. The van der Waals surface area contributed by atoms with Crippen molar-refractivity contribution < 1.29 is 18.3 Å². The third kappa shape index (κ3) is 4.58. The molecule has 0 aliphatic rings. The Morgan fingerprint density at radius 2 is 2.09 bits per heavy atom. The largest absolute Gasteiger partial charge is 0.415 e. The predicted molar refractivity (Wildman–Crippen MR) is 30.5 cm³/mol. The van der Waals surface area contributed by atoms with Crippen LogP contribution in [0, 0.1) is 11.3 Å². The summed E-state index contributed by atoms with van der Waals surface area (Å²) in [5.41, 5.74) is 0. The second-order valence-corrected chi connectivity index (χ2v) is 1.85. The number of nitrogens with zero attached hydrogens (tertiary/aromatic N) is 1. The van der Waals surface area contributed by atoms with Crippen LogP contribution in [-0.4, -0.2) is 30.5 Å². The first-order chi connectivity index (χ1) is 4.98. The normalized spacial score (nSPS) is 14.1. The van der Waals surface area contributed by atoms with E-state index in [4.69, 9.17) is 10.4 Å². The van der Waals surface area contributed by atoms with Crippen molar-refractivity contribution in [1.29, 1.82) is 5.26 Å². The highest BCUT2D eigenvalue weighted by Crippen LogP contribution is 2.18. The van der Waals surface area contributed by atoms with E-state index in [-0.39, 0.29) is 6.54 Å². The monoisotopic (exact) mass is 168 g/mol. The van der Waals surface area contributed by atoms with Gasteiger partial charge >= 0.3 is 6.18 Å². The SMILES string of the molecule is N#CCNCC(O)C(F)(F)F. The van der Waals surface area contributed by atoms with E-state index < -0.39 is 18.8 Å². The Hall–Kier alpha value is -0.800. The third-order valence-corrected chi connectivity index (χ3v) is 0.920. The highest BCUT2D eigenvalue weighted by Gasteiger charge is 2.37. The van der Waals surface area contributed by atoms with E-state index in [1.165, 1.54) is 0 Å². The topological polar surface area (TPSA) is 56.0 Å². The van der Waals surface area contributed by atoms with E-state index in [2.05, 4.69) is 5.32 Å². The minimum atomic E-state index is -4.61. The van der Waals surface area contributed by atoms with Crippen molar-refractivity contribution >= 4 is 0 Å². The number of alkyl halides is 3. The van der Waals surface area contributed by atoms with E-state index >= 15 is 0 Å². The zero-order valence-electron chi connectivity index (χ0n) is 5.52. The number of hydrogen-bond acceptors (Lipinski definition) is 3. The van der Waals surface area contributed by atoms with Crippen molar-refractivity contribution in [3.63, 3.8) is 0 Å². The molecule has 0 saturated heterocycles. The van der Waals surface area contributed by atoms with Crippen LogP contribution in [0.4, 0.5) is 13.2 Å². The highest BCUT2D eigenvalue weighted by atomic mass is 19.4. The van der Waals surface area contributed by atoms with Crippen molar-refractivity contribution in [3.8, 4) is 6.07 Å². The van der Waals surface area contributed by atoms with Crippen LogP contribution in [0.2, 0.25) is 0 Å². The maximum Gasteiger partial charge on any atom is 0.415 e. The van der Waals surface area contributed by atoms with Crippen molar-refractivity contribution in [3.05, 3.63) is 0 Å².